The normalized spacial score (nSPS) is 17.1. The number of nitrogens with one attached hydrogen (secondary N) is 2. The summed E-state index contributed by atoms with van der Waals surface area (Å²) in [4.78, 5) is 54.1. The molecule has 11 heteroatoms. The molecule has 1 fully saturated rings. The molecular formula is C34H26F2N4O5. The predicted molar refractivity (Wildman–Crippen MR) is 165 cm³/mol. The number of piperidine rings is 1. The number of pyridine rings is 1. The Morgan fingerprint density at radius 3 is 2.49 bits per heavy atom. The smallest absolute Gasteiger partial charge is 0.349 e. The van der Waals surface area contributed by atoms with Crippen LogP contribution < -0.4 is 26.7 Å². The molecule has 0 radical (unpaired) electrons. The van der Waals surface area contributed by atoms with Crippen LogP contribution in [0.1, 0.15) is 38.7 Å². The standard InChI is InChI=1S/C34H26F2N4O5/c35-25-10-9-23(15-26(25)36)37-32(42)21-8-11-29(39-16-19-12-22(18-39)28-5-3-7-31(41)40(28)17-19)27(14-21)38-33(43)24-13-20-4-1-2-6-30(20)45-34(24)44/h1-11,13-15,19,22H,12,16-18H2,(H,37,42)(H,38,43). The monoisotopic (exact) mass is 608 g/mol. The number of hydrogen-bond donors (Lipinski definition) is 2. The zero-order valence-corrected chi connectivity index (χ0v) is 23.8. The molecule has 5 aromatic rings. The second-order valence-electron chi connectivity index (χ2n) is 11.4. The van der Waals surface area contributed by atoms with Crippen LogP contribution in [0.5, 0.6) is 0 Å². The van der Waals surface area contributed by atoms with E-state index >= 15 is 0 Å². The molecule has 9 nitrogen and oxygen atoms in total. The van der Waals surface area contributed by atoms with Crippen molar-refractivity contribution in [2.24, 2.45) is 5.92 Å². The first-order valence-corrected chi connectivity index (χ1v) is 14.4. The zero-order chi connectivity index (χ0) is 31.2. The quantitative estimate of drug-likeness (QED) is 0.260. The lowest BCUT2D eigenvalue weighted by atomic mass is 9.83. The third-order valence-electron chi connectivity index (χ3n) is 8.39. The third kappa shape index (κ3) is 5.37. The topological polar surface area (TPSA) is 114 Å². The minimum absolute atomic E-state index is 0.0331. The Hall–Kier alpha value is -5.58. The van der Waals surface area contributed by atoms with Crippen LogP contribution in [0.3, 0.4) is 0 Å². The maximum atomic E-state index is 13.8. The number of benzene rings is 3. The lowest BCUT2D eigenvalue weighted by Crippen LogP contribution is -2.47. The van der Waals surface area contributed by atoms with Gasteiger partial charge in [0.1, 0.15) is 11.1 Å². The van der Waals surface area contributed by atoms with E-state index < -0.39 is 29.1 Å². The van der Waals surface area contributed by atoms with E-state index in [2.05, 4.69) is 15.5 Å². The number of nitrogens with zero attached hydrogens (tertiary/aromatic N) is 2. The van der Waals surface area contributed by atoms with Gasteiger partial charge < -0.3 is 24.5 Å². The van der Waals surface area contributed by atoms with Gasteiger partial charge >= 0.3 is 5.63 Å². The van der Waals surface area contributed by atoms with E-state index in [9.17, 15) is 28.0 Å². The number of para-hydroxylation sites is 1. The average Bonchev–Trinajstić information content (AvgIpc) is 3.03. The van der Waals surface area contributed by atoms with Crippen molar-refractivity contribution in [1.82, 2.24) is 4.57 Å². The Kier molecular flexibility index (Phi) is 7.00. The number of carbonyl (C=O) groups is 2. The summed E-state index contributed by atoms with van der Waals surface area (Å²) in [5.41, 5.74) is 1.33. The first-order valence-electron chi connectivity index (χ1n) is 14.4. The van der Waals surface area contributed by atoms with Crippen LogP contribution in [0.4, 0.5) is 25.8 Å². The molecule has 2 aromatic heterocycles. The molecular weight excluding hydrogens is 582 g/mol. The molecule has 4 heterocycles. The highest BCUT2D eigenvalue weighted by atomic mass is 19.2. The number of hydrogen-bond acceptors (Lipinski definition) is 6. The molecule has 0 spiro atoms. The third-order valence-corrected chi connectivity index (χ3v) is 8.39. The second-order valence-corrected chi connectivity index (χ2v) is 11.4. The van der Waals surface area contributed by atoms with E-state index in [0.717, 1.165) is 24.2 Å². The molecule has 0 saturated carbocycles. The summed E-state index contributed by atoms with van der Waals surface area (Å²) in [5.74, 6) is -3.24. The summed E-state index contributed by atoms with van der Waals surface area (Å²) in [6, 6.07) is 21.3. The van der Waals surface area contributed by atoms with Crippen LogP contribution in [-0.4, -0.2) is 29.5 Å². The molecule has 3 aromatic carbocycles. The number of rotatable bonds is 5. The largest absolute Gasteiger partial charge is 0.422 e. The molecule has 2 bridgehead atoms. The molecule has 2 atom stereocenters. The summed E-state index contributed by atoms with van der Waals surface area (Å²) in [6.07, 6.45) is 0.911. The summed E-state index contributed by atoms with van der Waals surface area (Å²) in [6.45, 7) is 1.72. The Morgan fingerprint density at radius 2 is 1.64 bits per heavy atom. The van der Waals surface area contributed by atoms with Gasteiger partial charge in [-0.2, -0.15) is 0 Å². The first kappa shape index (κ1) is 28.2. The molecule has 1 saturated heterocycles. The second kappa shape index (κ2) is 11.2. The molecule has 226 valence electrons. The summed E-state index contributed by atoms with van der Waals surface area (Å²) in [7, 11) is 0. The van der Waals surface area contributed by atoms with Gasteiger partial charge in [-0.25, -0.2) is 13.6 Å². The number of carbonyl (C=O) groups excluding carboxylic acids is 2. The van der Waals surface area contributed by atoms with Crippen molar-refractivity contribution in [3.63, 3.8) is 0 Å². The summed E-state index contributed by atoms with van der Waals surface area (Å²) in [5, 5.41) is 5.93. The number of halogens is 2. The van der Waals surface area contributed by atoms with Crippen LogP contribution in [0.2, 0.25) is 0 Å². The van der Waals surface area contributed by atoms with Crippen molar-refractivity contribution < 1.29 is 22.8 Å². The molecule has 0 aliphatic carbocycles. The van der Waals surface area contributed by atoms with Gasteiger partial charge in [-0.3, -0.25) is 14.4 Å². The van der Waals surface area contributed by atoms with Crippen molar-refractivity contribution in [1.29, 1.82) is 0 Å². The van der Waals surface area contributed by atoms with E-state index in [1.807, 2.05) is 10.6 Å². The van der Waals surface area contributed by atoms with E-state index in [-0.39, 0.29) is 39.9 Å². The van der Waals surface area contributed by atoms with Gasteiger partial charge in [-0.1, -0.05) is 24.3 Å². The average molecular weight is 609 g/mol. The van der Waals surface area contributed by atoms with Gasteiger partial charge in [0.25, 0.3) is 17.4 Å². The first-order chi connectivity index (χ1) is 21.7. The van der Waals surface area contributed by atoms with Gasteiger partial charge in [0.2, 0.25) is 0 Å². The maximum absolute atomic E-state index is 13.8. The van der Waals surface area contributed by atoms with Crippen LogP contribution >= 0.6 is 0 Å². The van der Waals surface area contributed by atoms with E-state index in [1.165, 1.54) is 18.2 Å². The molecule has 7 rings (SSSR count). The highest BCUT2D eigenvalue weighted by molar-refractivity contribution is 6.09. The fourth-order valence-electron chi connectivity index (χ4n) is 6.33. The van der Waals surface area contributed by atoms with Gasteiger partial charge in [-0.05, 0) is 60.9 Å². The number of anilines is 3. The number of fused-ring (bicyclic) bond motifs is 5. The molecule has 2 aliphatic rings. The maximum Gasteiger partial charge on any atom is 0.349 e. The minimum Gasteiger partial charge on any atom is -0.422 e. The minimum atomic E-state index is -1.11. The zero-order valence-electron chi connectivity index (χ0n) is 23.8. The Balaban J connectivity index is 1.24. The van der Waals surface area contributed by atoms with Gasteiger partial charge in [0, 0.05) is 60.0 Å². The highest BCUT2D eigenvalue weighted by Gasteiger charge is 2.35. The number of aromatic nitrogens is 1. The summed E-state index contributed by atoms with van der Waals surface area (Å²) >= 11 is 0. The molecule has 2 N–H and O–H groups in total. The Bertz CT molecular complexity index is 2120. The SMILES string of the molecule is O=C(Nc1ccc(F)c(F)c1)c1ccc(N2CC3CC(C2)c2cccc(=O)n2C3)c(NC(=O)c2cc3ccccc3oc2=O)c1. The molecule has 2 amide bonds. The fraction of sp³-hybridized carbons (Fsp3) is 0.176. The Labute approximate surface area is 254 Å². The van der Waals surface area contributed by atoms with Crippen LogP contribution in [0, 0.1) is 17.6 Å². The Morgan fingerprint density at radius 1 is 0.800 bits per heavy atom. The van der Waals surface area contributed by atoms with E-state index in [0.29, 0.717) is 36.3 Å². The lowest BCUT2D eigenvalue weighted by Gasteiger charge is -2.44. The highest BCUT2D eigenvalue weighted by Crippen LogP contribution is 2.39. The molecule has 45 heavy (non-hydrogen) atoms. The summed E-state index contributed by atoms with van der Waals surface area (Å²) < 4.78 is 34.4. The predicted octanol–water partition coefficient (Wildman–Crippen LogP) is 5.36. The van der Waals surface area contributed by atoms with Crippen LogP contribution in [0.25, 0.3) is 11.0 Å². The fourth-order valence-corrected chi connectivity index (χ4v) is 6.33. The van der Waals surface area contributed by atoms with Crippen LogP contribution in [0.15, 0.2) is 98.9 Å². The van der Waals surface area contributed by atoms with Gasteiger partial charge in [-0.15, -0.1) is 0 Å². The lowest BCUT2D eigenvalue weighted by molar-refractivity contribution is 0.101. The molecule has 2 unspecified atom stereocenters. The van der Waals surface area contributed by atoms with Crippen molar-refractivity contribution in [3.05, 3.63) is 134 Å². The van der Waals surface area contributed by atoms with Gasteiger partial charge in [0.05, 0.1) is 11.4 Å². The van der Waals surface area contributed by atoms with Crippen molar-refractivity contribution in [3.8, 4) is 0 Å². The number of amides is 2. The van der Waals surface area contributed by atoms with Crippen LogP contribution in [-0.2, 0) is 6.54 Å². The van der Waals surface area contributed by atoms with Crippen molar-refractivity contribution in [2.45, 2.75) is 18.9 Å². The van der Waals surface area contributed by atoms with E-state index in [4.69, 9.17) is 4.42 Å². The molecule has 2 aliphatic heterocycles. The van der Waals surface area contributed by atoms with Gasteiger partial charge in [0.15, 0.2) is 11.6 Å². The van der Waals surface area contributed by atoms with E-state index in [1.54, 1.807) is 48.5 Å². The van der Waals surface area contributed by atoms with Crippen molar-refractivity contribution in [2.75, 3.05) is 28.6 Å². The van der Waals surface area contributed by atoms with Crippen molar-refractivity contribution >= 4 is 39.8 Å².